The summed E-state index contributed by atoms with van der Waals surface area (Å²) in [4.78, 5) is 0. The van der Waals surface area contributed by atoms with E-state index >= 15 is 0 Å². The average Bonchev–Trinajstić information content (AvgIpc) is 2.95. The topological polar surface area (TPSA) is 30.7 Å². The minimum atomic E-state index is 0.699. The van der Waals surface area contributed by atoms with Crippen molar-refractivity contribution in [2.24, 2.45) is 0 Å². The maximum absolute atomic E-state index is 6.04. The highest BCUT2D eigenvalue weighted by molar-refractivity contribution is 9.10. The zero-order chi connectivity index (χ0) is 14.7. The molecule has 0 fully saturated rings. The highest BCUT2D eigenvalue weighted by atomic mass is 79.9. The molecule has 21 heavy (non-hydrogen) atoms. The van der Waals surface area contributed by atoms with Crippen molar-refractivity contribution in [2.45, 2.75) is 10.9 Å². The van der Waals surface area contributed by atoms with Crippen molar-refractivity contribution in [3.8, 4) is 5.69 Å². The number of thioether (sulfide) groups is 1. The molecule has 0 saturated heterocycles. The first-order valence-electron chi connectivity index (χ1n) is 6.25. The van der Waals surface area contributed by atoms with Crippen molar-refractivity contribution in [3.05, 3.63) is 69.9 Å². The molecule has 0 N–H and O–H groups in total. The number of hydrogen-bond acceptors (Lipinski definition) is 3. The largest absolute Gasteiger partial charge is 0.277 e. The van der Waals surface area contributed by atoms with Gasteiger partial charge in [0.15, 0.2) is 5.16 Å². The van der Waals surface area contributed by atoms with E-state index in [9.17, 15) is 0 Å². The lowest BCUT2D eigenvalue weighted by Crippen LogP contribution is -1.95. The Morgan fingerprint density at radius 2 is 1.95 bits per heavy atom. The fraction of sp³-hybridized carbons (Fsp3) is 0.0667. The minimum Gasteiger partial charge on any atom is -0.277 e. The maximum Gasteiger partial charge on any atom is 0.195 e. The zero-order valence-electron chi connectivity index (χ0n) is 10.9. The molecule has 1 heterocycles. The summed E-state index contributed by atoms with van der Waals surface area (Å²) in [6, 6.07) is 15.9. The molecule has 0 aliphatic carbocycles. The quantitative estimate of drug-likeness (QED) is 0.598. The van der Waals surface area contributed by atoms with Crippen LogP contribution in [0.4, 0.5) is 0 Å². The second-order valence-corrected chi connectivity index (χ2v) is 6.67. The van der Waals surface area contributed by atoms with E-state index in [4.69, 9.17) is 11.6 Å². The van der Waals surface area contributed by atoms with Gasteiger partial charge in [0.25, 0.3) is 0 Å². The number of aromatic nitrogens is 3. The highest BCUT2D eigenvalue weighted by Gasteiger charge is 2.07. The normalized spacial score (nSPS) is 10.8. The van der Waals surface area contributed by atoms with Crippen LogP contribution in [-0.4, -0.2) is 14.8 Å². The van der Waals surface area contributed by atoms with Gasteiger partial charge in [-0.1, -0.05) is 57.5 Å². The van der Waals surface area contributed by atoms with Crippen molar-refractivity contribution in [2.75, 3.05) is 0 Å². The van der Waals surface area contributed by atoms with E-state index in [1.165, 1.54) is 5.56 Å². The molecule has 1 aromatic heterocycles. The predicted molar refractivity (Wildman–Crippen MR) is 90.1 cm³/mol. The molecular weight excluding hydrogens is 370 g/mol. The van der Waals surface area contributed by atoms with Crippen molar-refractivity contribution in [1.29, 1.82) is 0 Å². The molecule has 0 atom stereocenters. The Morgan fingerprint density at radius 3 is 2.71 bits per heavy atom. The molecule has 0 unspecified atom stereocenters. The van der Waals surface area contributed by atoms with Gasteiger partial charge in [-0.05, 0) is 35.9 Å². The summed E-state index contributed by atoms with van der Waals surface area (Å²) >= 11 is 11.1. The minimum absolute atomic E-state index is 0.699. The number of halogens is 2. The molecule has 0 aliphatic heterocycles. The van der Waals surface area contributed by atoms with E-state index < -0.39 is 0 Å². The van der Waals surface area contributed by atoms with E-state index in [1.807, 2.05) is 41.0 Å². The predicted octanol–water partition coefficient (Wildman–Crippen LogP) is 4.98. The first-order valence-corrected chi connectivity index (χ1v) is 8.41. The smallest absolute Gasteiger partial charge is 0.195 e. The van der Waals surface area contributed by atoms with Gasteiger partial charge in [0.1, 0.15) is 6.33 Å². The van der Waals surface area contributed by atoms with Crippen LogP contribution in [-0.2, 0) is 5.75 Å². The first-order chi connectivity index (χ1) is 10.2. The standard InChI is InChI=1S/C15H11BrClN3S/c16-12-6-4-11(5-7-12)9-21-15-19-18-10-20(15)14-3-1-2-13(17)8-14/h1-8,10H,9H2. The number of benzene rings is 2. The summed E-state index contributed by atoms with van der Waals surface area (Å²) in [5.41, 5.74) is 2.20. The maximum atomic E-state index is 6.04. The van der Waals surface area contributed by atoms with Gasteiger partial charge >= 0.3 is 0 Å². The van der Waals surface area contributed by atoms with Gasteiger partial charge in [-0.25, -0.2) is 0 Å². The molecular formula is C15H11BrClN3S. The third kappa shape index (κ3) is 3.67. The summed E-state index contributed by atoms with van der Waals surface area (Å²) < 4.78 is 3.02. The molecule has 0 radical (unpaired) electrons. The molecule has 0 saturated carbocycles. The Morgan fingerprint density at radius 1 is 1.14 bits per heavy atom. The number of hydrogen-bond donors (Lipinski definition) is 0. The zero-order valence-corrected chi connectivity index (χ0v) is 14.1. The Labute approximate surface area is 140 Å². The van der Waals surface area contributed by atoms with Crippen molar-refractivity contribution >= 4 is 39.3 Å². The second-order valence-electron chi connectivity index (χ2n) is 4.38. The summed E-state index contributed by atoms with van der Waals surface area (Å²) in [5.74, 6) is 0.840. The van der Waals surface area contributed by atoms with Crippen LogP contribution in [0.5, 0.6) is 0 Å². The van der Waals surface area contributed by atoms with Crippen molar-refractivity contribution < 1.29 is 0 Å². The lowest BCUT2D eigenvalue weighted by atomic mass is 10.2. The van der Waals surface area contributed by atoms with Crippen LogP contribution in [0.2, 0.25) is 5.02 Å². The van der Waals surface area contributed by atoms with Crippen LogP contribution < -0.4 is 0 Å². The molecule has 3 nitrogen and oxygen atoms in total. The molecule has 0 bridgehead atoms. The Bertz CT molecular complexity index is 743. The lowest BCUT2D eigenvalue weighted by molar-refractivity contribution is 0.884. The average molecular weight is 381 g/mol. The van der Waals surface area contributed by atoms with Crippen molar-refractivity contribution in [1.82, 2.24) is 14.8 Å². The summed E-state index contributed by atoms with van der Waals surface area (Å²) in [6.45, 7) is 0. The van der Waals surface area contributed by atoms with Gasteiger partial charge < -0.3 is 0 Å². The van der Waals surface area contributed by atoms with Crippen LogP contribution in [0.1, 0.15) is 5.56 Å². The lowest BCUT2D eigenvalue weighted by Gasteiger charge is -2.06. The molecule has 106 valence electrons. The Balaban J connectivity index is 1.78. The summed E-state index contributed by atoms with van der Waals surface area (Å²) in [7, 11) is 0. The van der Waals surface area contributed by atoms with Crippen LogP contribution in [0.15, 0.2) is 64.5 Å². The third-order valence-electron chi connectivity index (χ3n) is 2.88. The van der Waals surface area contributed by atoms with E-state index in [0.717, 1.165) is 21.1 Å². The highest BCUT2D eigenvalue weighted by Crippen LogP contribution is 2.25. The van der Waals surface area contributed by atoms with Crippen LogP contribution in [0.25, 0.3) is 5.69 Å². The second kappa shape index (κ2) is 6.64. The SMILES string of the molecule is Clc1cccc(-n2cnnc2SCc2ccc(Br)cc2)c1. The fourth-order valence-corrected chi connectivity index (χ4v) is 3.19. The molecule has 0 amide bonds. The van der Waals surface area contributed by atoms with Gasteiger partial charge in [-0.2, -0.15) is 0 Å². The van der Waals surface area contributed by atoms with Crippen LogP contribution >= 0.6 is 39.3 Å². The Hall–Kier alpha value is -1.30. The molecule has 2 aromatic carbocycles. The van der Waals surface area contributed by atoms with Gasteiger partial charge in [-0.15, -0.1) is 10.2 Å². The molecule has 0 spiro atoms. The molecule has 6 heteroatoms. The van der Waals surface area contributed by atoms with E-state index in [0.29, 0.717) is 5.02 Å². The van der Waals surface area contributed by atoms with E-state index in [-0.39, 0.29) is 0 Å². The van der Waals surface area contributed by atoms with Crippen molar-refractivity contribution in [3.63, 3.8) is 0 Å². The van der Waals surface area contributed by atoms with Gasteiger partial charge in [0, 0.05) is 15.2 Å². The van der Waals surface area contributed by atoms with E-state index in [2.05, 4.69) is 38.3 Å². The molecule has 3 aromatic rings. The number of rotatable bonds is 4. The third-order valence-corrected chi connectivity index (χ3v) is 4.66. The Kier molecular flexibility index (Phi) is 4.63. The first kappa shape index (κ1) is 14.6. The van der Waals surface area contributed by atoms with Gasteiger partial charge in [-0.3, -0.25) is 4.57 Å². The van der Waals surface area contributed by atoms with Crippen LogP contribution in [0, 0.1) is 0 Å². The van der Waals surface area contributed by atoms with Crippen LogP contribution in [0.3, 0.4) is 0 Å². The monoisotopic (exact) mass is 379 g/mol. The molecule has 3 rings (SSSR count). The fourth-order valence-electron chi connectivity index (χ4n) is 1.85. The summed E-state index contributed by atoms with van der Waals surface area (Å²) in [5, 5.41) is 9.72. The molecule has 0 aliphatic rings. The number of nitrogens with zero attached hydrogens (tertiary/aromatic N) is 3. The van der Waals surface area contributed by atoms with Gasteiger partial charge in [0.05, 0.1) is 5.69 Å². The van der Waals surface area contributed by atoms with Gasteiger partial charge in [0.2, 0.25) is 0 Å². The van der Waals surface area contributed by atoms with E-state index in [1.54, 1.807) is 18.1 Å². The summed E-state index contributed by atoms with van der Waals surface area (Å²) in [6.07, 6.45) is 1.70.